The van der Waals surface area contributed by atoms with Crippen LogP contribution in [0.1, 0.15) is 11.1 Å². The van der Waals surface area contributed by atoms with E-state index in [2.05, 4.69) is 0 Å². The summed E-state index contributed by atoms with van der Waals surface area (Å²) in [4.78, 5) is 0. The normalized spacial score (nSPS) is 10.4. The lowest BCUT2D eigenvalue weighted by Gasteiger charge is -2.06. The number of hydrogen-bond acceptors (Lipinski definition) is 4. The molecule has 4 rings (SSSR count). The molecule has 4 nitrogen and oxygen atoms in total. The van der Waals surface area contributed by atoms with Gasteiger partial charge in [0.2, 0.25) is 0 Å². The highest BCUT2D eigenvalue weighted by atomic mass is 35.5. The van der Waals surface area contributed by atoms with Gasteiger partial charge < -0.3 is 22.9 Å². The summed E-state index contributed by atoms with van der Waals surface area (Å²) in [5.41, 5.74) is 29.0. The summed E-state index contributed by atoms with van der Waals surface area (Å²) in [6.07, 6.45) is 0.750. The standard InChI is InChI=1S/C13H12Cl2N2.C12H10Cl2N2/c14-10-6-8(1-3-12(10)16)5-9-2-4-13(17)11(15)7-9;13-9-5-7(1-3-11(9)15)8-2-4-12(16)10(14)6-8/h1-4,6-7H,5,16-17H2;1-6H,15-16H2. The Labute approximate surface area is 213 Å². The number of rotatable bonds is 3. The first-order valence-electron chi connectivity index (χ1n) is 9.82. The van der Waals surface area contributed by atoms with Gasteiger partial charge in [-0.3, -0.25) is 0 Å². The summed E-state index contributed by atoms with van der Waals surface area (Å²) < 4.78 is 0. The minimum atomic E-state index is 0.533. The van der Waals surface area contributed by atoms with Gasteiger partial charge in [0, 0.05) is 0 Å². The van der Waals surface area contributed by atoms with E-state index >= 15 is 0 Å². The van der Waals surface area contributed by atoms with E-state index in [4.69, 9.17) is 69.3 Å². The third kappa shape index (κ3) is 6.62. The van der Waals surface area contributed by atoms with Gasteiger partial charge in [-0.15, -0.1) is 0 Å². The van der Waals surface area contributed by atoms with E-state index in [0.29, 0.717) is 42.8 Å². The highest BCUT2D eigenvalue weighted by molar-refractivity contribution is 6.34. The number of benzene rings is 4. The summed E-state index contributed by atoms with van der Waals surface area (Å²) in [6, 6.07) is 22.2. The monoisotopic (exact) mass is 518 g/mol. The number of halogens is 4. The van der Waals surface area contributed by atoms with Crippen molar-refractivity contribution >= 4 is 69.2 Å². The Morgan fingerprint density at radius 1 is 0.424 bits per heavy atom. The van der Waals surface area contributed by atoms with Crippen LogP contribution in [-0.4, -0.2) is 0 Å². The van der Waals surface area contributed by atoms with Gasteiger partial charge in [-0.1, -0.05) is 70.7 Å². The van der Waals surface area contributed by atoms with E-state index in [9.17, 15) is 0 Å². The maximum absolute atomic E-state index is 5.97. The fraction of sp³-hybridized carbons (Fsp3) is 0.0400. The van der Waals surface area contributed by atoms with E-state index < -0.39 is 0 Å². The number of nitrogen functional groups attached to an aromatic ring is 4. The van der Waals surface area contributed by atoms with Crippen molar-refractivity contribution in [2.75, 3.05) is 22.9 Å². The van der Waals surface area contributed by atoms with Crippen LogP contribution in [0.3, 0.4) is 0 Å². The molecule has 0 fully saturated rings. The summed E-state index contributed by atoms with van der Waals surface area (Å²) in [6.45, 7) is 0. The predicted octanol–water partition coefficient (Wildman–Crippen LogP) is 7.57. The average Bonchev–Trinajstić information content (AvgIpc) is 2.78. The molecule has 4 aromatic carbocycles. The van der Waals surface area contributed by atoms with Gasteiger partial charge in [-0.05, 0) is 77.2 Å². The molecule has 4 aromatic rings. The lowest BCUT2D eigenvalue weighted by atomic mass is 10.0. The largest absolute Gasteiger partial charge is 0.398 e. The second-order valence-electron chi connectivity index (χ2n) is 7.36. The summed E-state index contributed by atoms with van der Waals surface area (Å²) in [5, 5.41) is 2.21. The Hall–Kier alpha value is -2.76. The fourth-order valence-corrected chi connectivity index (χ4v) is 3.78. The molecule has 33 heavy (non-hydrogen) atoms. The zero-order valence-corrected chi connectivity index (χ0v) is 20.5. The Balaban J connectivity index is 0.000000186. The summed E-state index contributed by atoms with van der Waals surface area (Å²) in [5.74, 6) is 0. The molecule has 0 aromatic heterocycles. The Morgan fingerprint density at radius 2 is 0.727 bits per heavy atom. The molecule has 0 saturated heterocycles. The van der Waals surface area contributed by atoms with Crippen molar-refractivity contribution in [1.82, 2.24) is 0 Å². The van der Waals surface area contributed by atoms with Crippen LogP contribution in [0.2, 0.25) is 20.1 Å². The van der Waals surface area contributed by atoms with Crippen LogP contribution in [-0.2, 0) is 6.42 Å². The van der Waals surface area contributed by atoms with Gasteiger partial charge in [-0.25, -0.2) is 0 Å². The smallest absolute Gasteiger partial charge is 0.0641 e. The summed E-state index contributed by atoms with van der Waals surface area (Å²) >= 11 is 23.8. The van der Waals surface area contributed by atoms with Crippen molar-refractivity contribution in [2.45, 2.75) is 6.42 Å². The third-order valence-electron chi connectivity index (χ3n) is 4.87. The highest BCUT2D eigenvalue weighted by Crippen LogP contribution is 2.30. The minimum absolute atomic E-state index is 0.533. The van der Waals surface area contributed by atoms with Gasteiger partial charge in [0.05, 0.1) is 42.8 Å². The lowest BCUT2D eigenvalue weighted by molar-refractivity contribution is 1.19. The number of hydrogen-bond donors (Lipinski definition) is 4. The second kappa shape index (κ2) is 10.9. The van der Waals surface area contributed by atoms with E-state index in [1.165, 1.54) is 0 Å². The molecule has 170 valence electrons. The van der Waals surface area contributed by atoms with E-state index in [0.717, 1.165) is 28.7 Å². The first kappa shape index (κ1) is 24.9. The number of nitrogens with two attached hydrogens (primary N) is 4. The Morgan fingerprint density at radius 3 is 1.03 bits per heavy atom. The first-order chi connectivity index (χ1) is 15.6. The van der Waals surface area contributed by atoms with Crippen molar-refractivity contribution in [1.29, 1.82) is 0 Å². The fourth-order valence-electron chi connectivity index (χ4n) is 3.01. The molecule has 0 aliphatic rings. The molecule has 8 heteroatoms. The molecular weight excluding hydrogens is 498 g/mol. The van der Waals surface area contributed by atoms with E-state index in [-0.39, 0.29) is 0 Å². The van der Waals surface area contributed by atoms with E-state index in [1.807, 2.05) is 36.4 Å². The van der Waals surface area contributed by atoms with Crippen LogP contribution in [0.4, 0.5) is 22.7 Å². The quantitative estimate of drug-likeness (QED) is 0.209. The molecular formula is C25H22Cl4N4. The maximum Gasteiger partial charge on any atom is 0.0641 e. The van der Waals surface area contributed by atoms with Gasteiger partial charge in [-0.2, -0.15) is 0 Å². The molecule has 0 radical (unpaired) electrons. The third-order valence-corrected chi connectivity index (χ3v) is 6.18. The van der Waals surface area contributed by atoms with Gasteiger partial charge in [0.25, 0.3) is 0 Å². The zero-order chi connectivity index (χ0) is 24.1. The molecule has 0 heterocycles. The van der Waals surface area contributed by atoms with E-state index in [1.54, 1.807) is 36.4 Å². The average molecular weight is 520 g/mol. The van der Waals surface area contributed by atoms with Crippen molar-refractivity contribution in [3.05, 3.63) is 104 Å². The van der Waals surface area contributed by atoms with Gasteiger partial charge >= 0.3 is 0 Å². The molecule has 8 N–H and O–H groups in total. The molecule has 0 atom stereocenters. The lowest BCUT2D eigenvalue weighted by Crippen LogP contribution is -1.93. The first-order valence-corrected chi connectivity index (χ1v) is 11.3. The summed E-state index contributed by atoms with van der Waals surface area (Å²) in [7, 11) is 0. The second-order valence-corrected chi connectivity index (χ2v) is 8.99. The van der Waals surface area contributed by atoms with Gasteiger partial charge in [0.1, 0.15) is 0 Å². The SMILES string of the molecule is Nc1ccc(-c2ccc(N)c(Cl)c2)cc1Cl.Nc1ccc(Cc2ccc(N)c(Cl)c2)cc1Cl. The number of anilines is 4. The molecule has 0 aliphatic heterocycles. The zero-order valence-electron chi connectivity index (χ0n) is 17.5. The van der Waals surface area contributed by atoms with Crippen molar-refractivity contribution < 1.29 is 0 Å². The van der Waals surface area contributed by atoms with Crippen molar-refractivity contribution in [2.24, 2.45) is 0 Å². The molecule has 0 saturated carbocycles. The van der Waals surface area contributed by atoms with Crippen molar-refractivity contribution in [3.8, 4) is 11.1 Å². The molecule has 0 amide bonds. The van der Waals surface area contributed by atoms with Crippen LogP contribution < -0.4 is 22.9 Å². The predicted molar refractivity (Wildman–Crippen MR) is 145 cm³/mol. The Bertz CT molecular complexity index is 1190. The van der Waals surface area contributed by atoms with Crippen LogP contribution >= 0.6 is 46.4 Å². The topological polar surface area (TPSA) is 104 Å². The molecule has 0 unspecified atom stereocenters. The van der Waals surface area contributed by atoms with Crippen LogP contribution in [0, 0.1) is 0 Å². The van der Waals surface area contributed by atoms with Crippen LogP contribution in [0.5, 0.6) is 0 Å². The van der Waals surface area contributed by atoms with Gasteiger partial charge in [0.15, 0.2) is 0 Å². The van der Waals surface area contributed by atoms with Crippen LogP contribution in [0.25, 0.3) is 11.1 Å². The minimum Gasteiger partial charge on any atom is -0.398 e. The Kier molecular flexibility index (Phi) is 8.22. The highest BCUT2D eigenvalue weighted by Gasteiger charge is 2.04. The van der Waals surface area contributed by atoms with Crippen molar-refractivity contribution in [3.63, 3.8) is 0 Å². The molecule has 0 bridgehead atoms. The van der Waals surface area contributed by atoms with Crippen LogP contribution in [0.15, 0.2) is 72.8 Å². The molecule has 0 aliphatic carbocycles. The molecule has 0 spiro atoms. The maximum atomic E-state index is 5.97.